The van der Waals surface area contributed by atoms with Crippen LogP contribution in [0.4, 0.5) is 19.3 Å². The molecule has 1 amide bonds. The van der Waals surface area contributed by atoms with Gasteiger partial charge in [-0.15, -0.1) is 0 Å². The lowest BCUT2D eigenvalue weighted by Gasteiger charge is -2.20. The lowest BCUT2D eigenvalue weighted by atomic mass is 9.99. The molecule has 0 saturated carbocycles. The van der Waals surface area contributed by atoms with E-state index in [1.54, 1.807) is 20.8 Å². The maximum Gasteiger partial charge on any atom is 0.412 e. The van der Waals surface area contributed by atoms with Gasteiger partial charge in [0.05, 0.1) is 17.3 Å². The van der Waals surface area contributed by atoms with Crippen molar-refractivity contribution in [3.05, 3.63) is 63.1 Å². The number of hydrogen-bond donors (Lipinski definition) is 1. The lowest BCUT2D eigenvalue weighted by molar-refractivity contribution is 0.0635. The van der Waals surface area contributed by atoms with Crippen LogP contribution in [0.15, 0.2) is 34.8 Å². The van der Waals surface area contributed by atoms with E-state index in [2.05, 4.69) is 21.2 Å². The van der Waals surface area contributed by atoms with E-state index >= 15 is 0 Å². The summed E-state index contributed by atoms with van der Waals surface area (Å²) in [5, 5.41) is 11.5. The smallest absolute Gasteiger partial charge is 0.412 e. The van der Waals surface area contributed by atoms with E-state index < -0.39 is 23.3 Å². The van der Waals surface area contributed by atoms with Crippen molar-refractivity contribution >= 4 is 27.7 Å². The Bertz CT molecular complexity index is 886. The largest absolute Gasteiger partial charge is 0.444 e. The molecule has 0 radical (unpaired) electrons. The Labute approximate surface area is 158 Å². The van der Waals surface area contributed by atoms with Gasteiger partial charge in [-0.2, -0.15) is 5.26 Å². The van der Waals surface area contributed by atoms with Gasteiger partial charge >= 0.3 is 6.09 Å². The van der Waals surface area contributed by atoms with E-state index in [9.17, 15) is 13.6 Å². The van der Waals surface area contributed by atoms with Crippen molar-refractivity contribution in [2.75, 3.05) is 5.32 Å². The molecule has 0 saturated heterocycles. The topological polar surface area (TPSA) is 62.1 Å². The summed E-state index contributed by atoms with van der Waals surface area (Å²) in [5.74, 6) is -1.32. The Morgan fingerprint density at radius 3 is 2.54 bits per heavy atom. The molecule has 26 heavy (non-hydrogen) atoms. The van der Waals surface area contributed by atoms with Gasteiger partial charge < -0.3 is 4.74 Å². The van der Waals surface area contributed by atoms with Gasteiger partial charge in [-0.05, 0) is 45.0 Å². The molecule has 0 spiro atoms. The monoisotopic (exact) mass is 422 g/mol. The number of amides is 1. The summed E-state index contributed by atoms with van der Waals surface area (Å²) in [6.07, 6.45) is -0.945. The SMILES string of the molecule is CC(C)(C)OC(=O)Nc1ccc(Br)c(Cc2c(F)cccc2C#N)c1F. The van der Waals surface area contributed by atoms with Crippen LogP contribution in [0.5, 0.6) is 0 Å². The second-order valence-electron chi connectivity index (χ2n) is 6.57. The molecule has 0 aromatic heterocycles. The number of carbonyl (C=O) groups is 1. The summed E-state index contributed by atoms with van der Waals surface area (Å²) in [7, 11) is 0. The predicted octanol–water partition coefficient (Wildman–Crippen LogP) is 5.54. The molecular formula is C19H17BrF2N2O2. The summed E-state index contributed by atoms with van der Waals surface area (Å²) >= 11 is 3.24. The van der Waals surface area contributed by atoms with Crippen LogP contribution in [0.25, 0.3) is 0 Å². The number of anilines is 1. The minimum Gasteiger partial charge on any atom is -0.444 e. The Morgan fingerprint density at radius 2 is 1.92 bits per heavy atom. The van der Waals surface area contributed by atoms with E-state index in [0.717, 1.165) is 0 Å². The van der Waals surface area contributed by atoms with Crippen molar-refractivity contribution < 1.29 is 18.3 Å². The first-order chi connectivity index (χ1) is 12.1. The number of nitrogens with zero attached hydrogens (tertiary/aromatic N) is 1. The van der Waals surface area contributed by atoms with Crippen LogP contribution in [0.2, 0.25) is 0 Å². The molecule has 1 N–H and O–H groups in total. The average molecular weight is 423 g/mol. The van der Waals surface area contributed by atoms with Gasteiger partial charge in [0, 0.05) is 22.0 Å². The van der Waals surface area contributed by atoms with Gasteiger partial charge in [0.25, 0.3) is 0 Å². The molecule has 136 valence electrons. The molecule has 0 aliphatic heterocycles. The third-order valence-electron chi connectivity index (χ3n) is 3.41. The molecule has 4 nitrogen and oxygen atoms in total. The van der Waals surface area contributed by atoms with Crippen LogP contribution < -0.4 is 5.32 Å². The highest BCUT2D eigenvalue weighted by atomic mass is 79.9. The molecule has 7 heteroatoms. The fourth-order valence-corrected chi connectivity index (χ4v) is 2.74. The molecule has 0 bridgehead atoms. The second-order valence-corrected chi connectivity index (χ2v) is 7.42. The first kappa shape index (κ1) is 19.9. The van der Waals surface area contributed by atoms with Crippen LogP contribution in [0, 0.1) is 23.0 Å². The number of hydrogen-bond acceptors (Lipinski definition) is 3. The first-order valence-electron chi connectivity index (χ1n) is 7.76. The number of carbonyl (C=O) groups excluding carboxylic acids is 1. The van der Waals surface area contributed by atoms with E-state index in [0.29, 0.717) is 4.47 Å². The highest BCUT2D eigenvalue weighted by Gasteiger charge is 2.20. The quantitative estimate of drug-likeness (QED) is 0.706. The maximum atomic E-state index is 14.9. The van der Waals surface area contributed by atoms with Gasteiger partial charge in [0.1, 0.15) is 11.4 Å². The normalized spacial score (nSPS) is 11.0. The Hall–Kier alpha value is -2.46. The van der Waals surface area contributed by atoms with Gasteiger partial charge in [-0.1, -0.05) is 22.0 Å². The zero-order chi connectivity index (χ0) is 19.5. The Kier molecular flexibility index (Phi) is 5.98. The van der Waals surface area contributed by atoms with Crippen molar-refractivity contribution in [1.29, 1.82) is 5.26 Å². The molecule has 2 rings (SSSR count). The Balaban J connectivity index is 2.37. The summed E-state index contributed by atoms with van der Waals surface area (Å²) < 4.78 is 34.5. The molecule has 0 unspecified atom stereocenters. The summed E-state index contributed by atoms with van der Waals surface area (Å²) in [5.41, 5.74) is -0.480. The van der Waals surface area contributed by atoms with Crippen molar-refractivity contribution in [3.63, 3.8) is 0 Å². The number of benzene rings is 2. The molecule has 2 aromatic carbocycles. The fourth-order valence-electron chi connectivity index (χ4n) is 2.29. The average Bonchev–Trinajstić information content (AvgIpc) is 2.53. The van der Waals surface area contributed by atoms with Crippen molar-refractivity contribution in [1.82, 2.24) is 0 Å². The van der Waals surface area contributed by atoms with Crippen molar-refractivity contribution in [2.24, 2.45) is 0 Å². The van der Waals surface area contributed by atoms with Gasteiger partial charge in [-0.3, -0.25) is 5.32 Å². The standard InChI is InChI=1S/C19H17BrF2N2O2/c1-19(2,3)26-18(25)24-16-8-7-14(20)13(17(16)22)9-12-11(10-23)5-4-6-15(12)21/h4-8H,9H2,1-3H3,(H,24,25). The highest BCUT2D eigenvalue weighted by molar-refractivity contribution is 9.10. The van der Waals surface area contributed by atoms with Crippen LogP contribution >= 0.6 is 15.9 Å². The van der Waals surface area contributed by atoms with Crippen LogP contribution in [0.3, 0.4) is 0 Å². The van der Waals surface area contributed by atoms with Gasteiger partial charge in [-0.25, -0.2) is 13.6 Å². The molecule has 0 aliphatic rings. The number of halogens is 3. The third-order valence-corrected chi connectivity index (χ3v) is 4.16. The molecule has 0 atom stereocenters. The Morgan fingerprint density at radius 1 is 1.23 bits per heavy atom. The molecule has 0 aliphatic carbocycles. The maximum absolute atomic E-state index is 14.9. The van der Waals surface area contributed by atoms with Crippen molar-refractivity contribution in [3.8, 4) is 6.07 Å². The third kappa shape index (κ3) is 4.79. The summed E-state index contributed by atoms with van der Waals surface area (Å²) in [6.45, 7) is 5.08. The zero-order valence-electron chi connectivity index (χ0n) is 14.5. The minimum atomic E-state index is -0.798. The van der Waals surface area contributed by atoms with E-state index in [-0.39, 0.29) is 28.8 Å². The number of rotatable bonds is 3. The van der Waals surface area contributed by atoms with Crippen LogP contribution in [-0.4, -0.2) is 11.7 Å². The van der Waals surface area contributed by atoms with Crippen molar-refractivity contribution in [2.45, 2.75) is 32.8 Å². The number of nitrogens with one attached hydrogen (secondary N) is 1. The number of nitriles is 1. The van der Waals surface area contributed by atoms with E-state index in [1.807, 2.05) is 6.07 Å². The zero-order valence-corrected chi connectivity index (χ0v) is 16.1. The van der Waals surface area contributed by atoms with Crippen LogP contribution in [0.1, 0.15) is 37.5 Å². The summed E-state index contributed by atoms with van der Waals surface area (Å²) in [6, 6.07) is 8.91. The molecule has 0 heterocycles. The predicted molar refractivity (Wildman–Crippen MR) is 97.9 cm³/mol. The number of ether oxygens (including phenoxy) is 1. The molecule has 2 aromatic rings. The minimum absolute atomic E-state index is 0.0871. The van der Waals surface area contributed by atoms with Gasteiger partial charge in [0.2, 0.25) is 0 Å². The lowest BCUT2D eigenvalue weighted by Crippen LogP contribution is -2.27. The van der Waals surface area contributed by atoms with Crippen LogP contribution in [-0.2, 0) is 11.2 Å². The first-order valence-corrected chi connectivity index (χ1v) is 8.56. The fraction of sp³-hybridized carbons (Fsp3) is 0.263. The highest BCUT2D eigenvalue weighted by Crippen LogP contribution is 2.30. The summed E-state index contributed by atoms with van der Waals surface area (Å²) in [4.78, 5) is 11.9. The second kappa shape index (κ2) is 7.83. The molecule has 0 fully saturated rings. The molecular weight excluding hydrogens is 406 g/mol. The van der Waals surface area contributed by atoms with Gasteiger partial charge in [0.15, 0.2) is 5.82 Å². The van der Waals surface area contributed by atoms with E-state index in [4.69, 9.17) is 10.00 Å². The van der Waals surface area contributed by atoms with E-state index in [1.165, 1.54) is 30.3 Å².